The fourth-order valence-electron chi connectivity index (χ4n) is 1.97. The van der Waals surface area contributed by atoms with Gasteiger partial charge in [-0.15, -0.1) is 0 Å². The van der Waals surface area contributed by atoms with Crippen molar-refractivity contribution in [3.63, 3.8) is 0 Å². The van der Waals surface area contributed by atoms with Gasteiger partial charge in [-0.05, 0) is 31.0 Å². The Labute approximate surface area is 98.9 Å². The van der Waals surface area contributed by atoms with E-state index in [0.29, 0.717) is 0 Å². The van der Waals surface area contributed by atoms with Gasteiger partial charge in [0.2, 0.25) is 0 Å². The van der Waals surface area contributed by atoms with Gasteiger partial charge in [-0.1, -0.05) is 11.6 Å². The first-order chi connectivity index (χ1) is 7.70. The van der Waals surface area contributed by atoms with E-state index in [0.717, 1.165) is 31.6 Å². The number of benzene rings is 1. The number of hydrogen-bond donors (Lipinski definition) is 1. The summed E-state index contributed by atoms with van der Waals surface area (Å²) in [5, 5.41) is 0.147. The number of nitrogens with zero attached hydrogens (tertiary/aromatic N) is 1. The van der Waals surface area contributed by atoms with Crippen LogP contribution in [0.5, 0.6) is 0 Å². The van der Waals surface area contributed by atoms with Crippen LogP contribution in [0.2, 0.25) is 5.02 Å². The number of piperidine rings is 1. The predicted molar refractivity (Wildman–Crippen MR) is 61.9 cm³/mol. The van der Waals surface area contributed by atoms with E-state index in [1.165, 1.54) is 6.07 Å². The summed E-state index contributed by atoms with van der Waals surface area (Å²) in [5.41, 5.74) is 0.910. The summed E-state index contributed by atoms with van der Waals surface area (Å²) < 4.78 is 13.0. The van der Waals surface area contributed by atoms with Crippen LogP contribution in [0.4, 0.5) is 10.1 Å². The lowest BCUT2D eigenvalue weighted by molar-refractivity contribution is 0.0435. The maximum Gasteiger partial charge on any atom is 0.141 e. The summed E-state index contributed by atoms with van der Waals surface area (Å²) in [5.74, 6) is 4.79. The second kappa shape index (κ2) is 4.99. The van der Waals surface area contributed by atoms with Crippen LogP contribution < -0.4 is 10.8 Å². The Morgan fingerprint density at radius 2 is 2.31 bits per heavy atom. The topological polar surface area (TPSA) is 38.5 Å². The first kappa shape index (κ1) is 11.6. The highest BCUT2D eigenvalue weighted by Gasteiger charge is 2.20. The third kappa shape index (κ3) is 2.45. The van der Waals surface area contributed by atoms with Gasteiger partial charge in [0.1, 0.15) is 5.82 Å². The second-order valence-electron chi connectivity index (χ2n) is 3.94. The monoisotopic (exact) mass is 244 g/mol. The van der Waals surface area contributed by atoms with Crippen LogP contribution in [0.25, 0.3) is 0 Å². The van der Waals surface area contributed by atoms with E-state index in [-0.39, 0.29) is 11.1 Å². The average molecular weight is 245 g/mol. The molecule has 2 rings (SSSR count). The summed E-state index contributed by atoms with van der Waals surface area (Å²) in [4.78, 5) is 6.95. The van der Waals surface area contributed by atoms with Gasteiger partial charge in [0, 0.05) is 18.8 Å². The molecule has 0 bridgehead atoms. The molecule has 0 aromatic heterocycles. The third-order valence-corrected chi connectivity index (χ3v) is 3.13. The Hall–Kier alpha value is -0.840. The Morgan fingerprint density at radius 1 is 1.50 bits per heavy atom. The molecule has 16 heavy (non-hydrogen) atoms. The first-order valence-electron chi connectivity index (χ1n) is 5.26. The van der Waals surface area contributed by atoms with Crippen LogP contribution in [0.1, 0.15) is 12.8 Å². The molecule has 3 nitrogen and oxygen atoms in total. The van der Waals surface area contributed by atoms with Crippen molar-refractivity contribution in [1.29, 1.82) is 0 Å². The molecule has 5 heteroatoms. The smallest absolute Gasteiger partial charge is 0.141 e. The van der Waals surface area contributed by atoms with Crippen LogP contribution in [-0.4, -0.2) is 19.2 Å². The molecule has 1 aromatic rings. The van der Waals surface area contributed by atoms with Crippen molar-refractivity contribution in [1.82, 2.24) is 0 Å². The average Bonchev–Trinajstić information content (AvgIpc) is 2.33. The lowest BCUT2D eigenvalue weighted by atomic mass is 10.1. The molecular weight excluding hydrogens is 231 g/mol. The molecule has 2 N–H and O–H groups in total. The minimum Gasteiger partial charge on any atom is -0.369 e. The lowest BCUT2D eigenvalue weighted by Crippen LogP contribution is -2.40. The van der Waals surface area contributed by atoms with Crippen molar-refractivity contribution in [2.45, 2.75) is 18.9 Å². The van der Waals surface area contributed by atoms with Crippen LogP contribution in [0.15, 0.2) is 18.2 Å². The Bertz CT molecular complexity index is 375. The van der Waals surface area contributed by atoms with Crippen LogP contribution in [0, 0.1) is 5.82 Å². The molecule has 1 aromatic carbocycles. The van der Waals surface area contributed by atoms with Crippen molar-refractivity contribution in [3.8, 4) is 0 Å². The molecule has 1 heterocycles. The van der Waals surface area contributed by atoms with Crippen molar-refractivity contribution < 1.29 is 9.23 Å². The molecule has 1 aliphatic heterocycles. The maximum absolute atomic E-state index is 13.0. The normalized spacial score (nSPS) is 21.2. The number of halogens is 2. The molecule has 0 amide bonds. The fraction of sp³-hybridized carbons (Fsp3) is 0.455. The second-order valence-corrected chi connectivity index (χ2v) is 4.35. The fourth-order valence-corrected chi connectivity index (χ4v) is 2.14. The predicted octanol–water partition coefficient (Wildman–Crippen LogP) is 2.34. The van der Waals surface area contributed by atoms with Crippen LogP contribution >= 0.6 is 11.6 Å². The first-order valence-corrected chi connectivity index (χ1v) is 5.64. The minimum absolute atomic E-state index is 0.0394. The molecule has 1 fully saturated rings. The molecule has 88 valence electrons. The maximum atomic E-state index is 13.0. The van der Waals surface area contributed by atoms with Crippen molar-refractivity contribution in [2.75, 3.05) is 18.0 Å². The minimum atomic E-state index is -0.394. The van der Waals surface area contributed by atoms with Crippen molar-refractivity contribution >= 4 is 17.3 Å². The summed E-state index contributed by atoms with van der Waals surface area (Å²) in [7, 11) is 0. The van der Waals surface area contributed by atoms with Gasteiger partial charge < -0.3 is 4.90 Å². The van der Waals surface area contributed by atoms with E-state index in [2.05, 4.69) is 4.90 Å². The molecule has 1 atom stereocenters. The Kier molecular flexibility index (Phi) is 3.63. The largest absolute Gasteiger partial charge is 0.369 e. The third-order valence-electron chi connectivity index (χ3n) is 2.84. The van der Waals surface area contributed by atoms with E-state index in [1.54, 1.807) is 12.1 Å². The van der Waals surface area contributed by atoms with Crippen LogP contribution in [-0.2, 0) is 4.84 Å². The van der Waals surface area contributed by atoms with Gasteiger partial charge in [-0.25, -0.2) is 10.3 Å². The summed E-state index contributed by atoms with van der Waals surface area (Å²) in [6.07, 6.45) is 2.01. The van der Waals surface area contributed by atoms with Crippen molar-refractivity contribution in [2.24, 2.45) is 5.90 Å². The highest BCUT2D eigenvalue weighted by Crippen LogP contribution is 2.25. The van der Waals surface area contributed by atoms with E-state index >= 15 is 0 Å². The quantitative estimate of drug-likeness (QED) is 0.812. The molecule has 1 saturated heterocycles. The van der Waals surface area contributed by atoms with Gasteiger partial charge in [0.25, 0.3) is 0 Å². The van der Waals surface area contributed by atoms with Crippen molar-refractivity contribution in [3.05, 3.63) is 29.0 Å². The molecule has 0 radical (unpaired) electrons. The molecule has 1 unspecified atom stereocenters. The number of hydrogen-bond acceptors (Lipinski definition) is 3. The van der Waals surface area contributed by atoms with Gasteiger partial charge in [-0.2, -0.15) is 0 Å². The zero-order valence-corrected chi connectivity index (χ0v) is 9.58. The summed E-state index contributed by atoms with van der Waals surface area (Å²) in [6.45, 7) is 1.64. The standard InChI is InChI=1S/C11H14ClFN2O/c12-10-6-8(3-4-11(10)13)15-5-1-2-9(7-15)16-14/h3-4,6,9H,1-2,5,7,14H2. The number of anilines is 1. The molecule has 0 spiro atoms. The highest BCUT2D eigenvalue weighted by molar-refractivity contribution is 6.31. The Morgan fingerprint density at radius 3 is 3.00 bits per heavy atom. The van der Waals surface area contributed by atoms with Gasteiger partial charge in [-0.3, -0.25) is 4.84 Å². The van der Waals surface area contributed by atoms with E-state index in [1.807, 2.05) is 0 Å². The zero-order valence-electron chi connectivity index (χ0n) is 8.83. The Balaban J connectivity index is 2.13. The SMILES string of the molecule is NOC1CCCN(c2ccc(F)c(Cl)c2)C1. The molecule has 0 aliphatic carbocycles. The van der Waals surface area contributed by atoms with Gasteiger partial charge in [0.15, 0.2) is 0 Å². The van der Waals surface area contributed by atoms with Gasteiger partial charge >= 0.3 is 0 Å². The lowest BCUT2D eigenvalue weighted by Gasteiger charge is -2.33. The van der Waals surface area contributed by atoms with E-state index < -0.39 is 5.82 Å². The molecule has 1 aliphatic rings. The van der Waals surface area contributed by atoms with E-state index in [9.17, 15) is 4.39 Å². The summed E-state index contributed by atoms with van der Waals surface area (Å²) in [6, 6.07) is 4.74. The van der Waals surface area contributed by atoms with E-state index in [4.69, 9.17) is 22.3 Å². The number of rotatable bonds is 2. The zero-order chi connectivity index (χ0) is 11.5. The molecule has 0 saturated carbocycles. The van der Waals surface area contributed by atoms with Crippen LogP contribution in [0.3, 0.4) is 0 Å². The summed E-state index contributed by atoms with van der Waals surface area (Å²) >= 11 is 5.75. The highest BCUT2D eigenvalue weighted by atomic mass is 35.5. The number of nitrogens with two attached hydrogens (primary N) is 1. The molecular formula is C11H14ClFN2O. The van der Waals surface area contributed by atoms with Gasteiger partial charge in [0.05, 0.1) is 11.1 Å².